The highest BCUT2D eigenvalue weighted by atomic mass is 16.3. The van der Waals surface area contributed by atoms with E-state index in [1.807, 2.05) is 20.0 Å². The number of fused-ring (bicyclic) bond motifs is 7. The van der Waals surface area contributed by atoms with Crippen LogP contribution in [0.4, 0.5) is 0 Å². The number of benzene rings is 3. The van der Waals surface area contributed by atoms with Crippen molar-refractivity contribution in [1.29, 1.82) is 0 Å². The first kappa shape index (κ1) is 16.5. The fraction of sp³-hybridized carbons (Fsp3) is 0.364. The van der Waals surface area contributed by atoms with Crippen LogP contribution < -0.4 is 4.57 Å². The Kier molecular flexibility index (Phi) is 3.40. The summed E-state index contributed by atoms with van der Waals surface area (Å²) >= 11 is 0. The lowest BCUT2D eigenvalue weighted by molar-refractivity contribution is -0.660. The molecule has 2 aromatic heterocycles. The lowest BCUT2D eigenvalue weighted by Crippen LogP contribution is -2.34. The average Bonchev–Trinajstić information content (AvgIpc) is 3.24. The van der Waals surface area contributed by atoms with Crippen molar-refractivity contribution in [3.63, 3.8) is 0 Å². The summed E-state index contributed by atoms with van der Waals surface area (Å²) in [5.74, 6) is 0. The molecule has 0 saturated heterocycles. The van der Waals surface area contributed by atoms with Crippen LogP contribution in [0.1, 0.15) is 76.6 Å². The number of aryl methyl sites for hydroxylation is 4. The minimum Gasteiger partial charge on any atom is -0.454 e. The number of hydrogen-bond donors (Lipinski definition) is 0. The molecule has 0 fully saturated rings. The van der Waals surface area contributed by atoms with Crippen molar-refractivity contribution in [2.45, 2.75) is 72.0 Å². The van der Waals surface area contributed by atoms with Gasteiger partial charge in [0.05, 0.1) is 5.56 Å². The van der Waals surface area contributed by atoms with Crippen LogP contribution in [0.2, 0.25) is 0 Å². The molecule has 0 aliphatic heterocycles. The molecule has 2 heteroatoms. The summed E-state index contributed by atoms with van der Waals surface area (Å²) in [6, 6.07) is 13.6. The Hall–Kier alpha value is -3.13. The molecule has 1 aliphatic carbocycles. The molecule has 5 aromatic rings. The highest BCUT2D eigenvalue weighted by Gasteiger charge is 2.39. The number of furan rings is 1. The van der Waals surface area contributed by atoms with Crippen LogP contribution in [-0.2, 0) is 17.9 Å². The molecule has 178 valence electrons. The lowest BCUT2D eigenvalue weighted by Gasteiger charge is -2.42. The molecule has 2 heterocycles. The minimum absolute atomic E-state index is 0.0110. The third-order valence-electron chi connectivity index (χ3n) is 8.26. The fourth-order valence-electron chi connectivity index (χ4n) is 6.28. The average molecular weight is 469 g/mol. The molecule has 2 nitrogen and oxygen atoms in total. The maximum absolute atomic E-state index is 8.43. The monoisotopic (exact) mass is 468 g/mol. The van der Waals surface area contributed by atoms with Gasteiger partial charge in [-0.1, -0.05) is 52.0 Å². The van der Waals surface area contributed by atoms with Gasteiger partial charge in [-0.05, 0) is 84.1 Å². The second kappa shape index (κ2) is 7.20. The summed E-state index contributed by atoms with van der Waals surface area (Å²) in [6.45, 7) is 6.48. The molecule has 6 rings (SSSR count). The van der Waals surface area contributed by atoms with Crippen LogP contribution in [0.15, 0.2) is 53.1 Å². The van der Waals surface area contributed by atoms with E-state index in [0.29, 0.717) is 16.6 Å². The van der Waals surface area contributed by atoms with Crippen molar-refractivity contribution in [3.05, 3.63) is 76.5 Å². The second-order valence-electron chi connectivity index (χ2n) is 11.6. The van der Waals surface area contributed by atoms with Crippen molar-refractivity contribution in [1.82, 2.24) is 0 Å². The molecule has 35 heavy (non-hydrogen) atoms. The van der Waals surface area contributed by atoms with Gasteiger partial charge in [0.15, 0.2) is 6.20 Å². The maximum Gasteiger partial charge on any atom is 0.216 e. The van der Waals surface area contributed by atoms with Gasteiger partial charge in [-0.25, -0.2) is 4.57 Å². The molecule has 0 bridgehead atoms. The molecule has 0 saturated carbocycles. The molecule has 0 amide bonds. The summed E-state index contributed by atoms with van der Waals surface area (Å²) in [4.78, 5) is 0. The summed E-state index contributed by atoms with van der Waals surface area (Å²) in [5, 5.41) is 3.50. The fourth-order valence-corrected chi connectivity index (χ4v) is 6.28. The molecular weight excluding hydrogens is 426 g/mol. The van der Waals surface area contributed by atoms with Gasteiger partial charge in [-0.3, -0.25) is 0 Å². The van der Waals surface area contributed by atoms with Crippen LogP contribution in [0.3, 0.4) is 0 Å². The van der Waals surface area contributed by atoms with Gasteiger partial charge in [0.1, 0.15) is 18.2 Å². The SMILES string of the molecule is [2H]C([2H])([2H])c1ccc(-c2c(C)cc(C([2H])([2H])[2H])c3c2oc2c3ccc3ccc4c(c32)C(C)(C)CCC4(C)C)[n+](C)c1. The Morgan fingerprint density at radius 3 is 2.37 bits per heavy atom. The Balaban J connectivity index is 1.80. The molecule has 3 aromatic carbocycles. The molecule has 0 N–H and O–H groups in total. The van der Waals surface area contributed by atoms with E-state index >= 15 is 0 Å². The van der Waals surface area contributed by atoms with Crippen LogP contribution in [0.25, 0.3) is 44.0 Å². The van der Waals surface area contributed by atoms with E-state index in [4.69, 9.17) is 12.6 Å². The smallest absolute Gasteiger partial charge is 0.216 e. The standard InChI is InChI=1S/C33H36NO/c1-19-9-14-25(34(8)18-19)27-21(3)17-20(2)26-23-12-10-22-11-13-24-29(28(22)30(23)35-31(26)27)33(6,7)16-15-32(24,4)5/h9-14,17-18H,15-16H2,1-8H3/q+1/i1D3,2D3. The predicted molar refractivity (Wildman–Crippen MR) is 147 cm³/mol. The molecule has 0 atom stereocenters. The van der Waals surface area contributed by atoms with Crippen molar-refractivity contribution in [3.8, 4) is 11.3 Å². The van der Waals surface area contributed by atoms with Gasteiger partial charge >= 0.3 is 0 Å². The number of hydrogen-bond acceptors (Lipinski definition) is 1. The zero-order chi connectivity index (χ0) is 29.9. The Morgan fingerprint density at radius 2 is 1.63 bits per heavy atom. The van der Waals surface area contributed by atoms with Crippen molar-refractivity contribution in [2.75, 3.05) is 0 Å². The largest absolute Gasteiger partial charge is 0.454 e. The highest BCUT2D eigenvalue weighted by Crippen LogP contribution is 2.51. The van der Waals surface area contributed by atoms with E-state index in [9.17, 15) is 0 Å². The molecular formula is C33H36NO+. The van der Waals surface area contributed by atoms with Gasteiger partial charge in [0.25, 0.3) is 0 Å². The predicted octanol–water partition coefficient (Wildman–Crippen LogP) is 8.50. The first-order valence-corrected chi connectivity index (χ1v) is 12.4. The quantitative estimate of drug-likeness (QED) is 0.225. The molecule has 0 spiro atoms. The Labute approximate surface area is 217 Å². The minimum atomic E-state index is -2.35. The first-order valence-electron chi connectivity index (χ1n) is 15.4. The first-order chi connectivity index (χ1) is 18.9. The summed E-state index contributed by atoms with van der Waals surface area (Å²) in [5.41, 5.74) is 6.52. The number of pyridine rings is 1. The third kappa shape index (κ3) is 3.12. The van der Waals surface area contributed by atoms with Gasteiger partial charge < -0.3 is 4.42 Å². The number of rotatable bonds is 1. The third-order valence-corrected chi connectivity index (χ3v) is 8.26. The van der Waals surface area contributed by atoms with E-state index < -0.39 is 13.7 Å². The van der Waals surface area contributed by atoms with E-state index in [2.05, 4.69) is 45.9 Å². The Morgan fingerprint density at radius 1 is 0.857 bits per heavy atom. The topological polar surface area (TPSA) is 17.0 Å². The van der Waals surface area contributed by atoms with Crippen LogP contribution in [0, 0.1) is 20.6 Å². The van der Waals surface area contributed by atoms with Crippen molar-refractivity contribution in [2.24, 2.45) is 7.05 Å². The zero-order valence-electron chi connectivity index (χ0n) is 27.4. The van der Waals surface area contributed by atoms with E-state index in [1.165, 1.54) is 11.1 Å². The maximum atomic E-state index is 8.43. The van der Waals surface area contributed by atoms with Crippen molar-refractivity contribution < 1.29 is 17.2 Å². The second-order valence-corrected chi connectivity index (χ2v) is 11.6. The highest BCUT2D eigenvalue weighted by molar-refractivity contribution is 6.19. The normalized spacial score (nSPS) is 20.1. The summed E-state index contributed by atoms with van der Waals surface area (Å²) in [7, 11) is 1.81. The van der Waals surface area contributed by atoms with Gasteiger partial charge in [-0.2, -0.15) is 0 Å². The summed E-state index contributed by atoms with van der Waals surface area (Å²) < 4.78 is 57.5. The molecule has 0 unspecified atom stereocenters. The molecule has 1 aliphatic rings. The van der Waals surface area contributed by atoms with Crippen LogP contribution in [-0.4, -0.2) is 0 Å². The van der Waals surface area contributed by atoms with E-state index in [0.717, 1.165) is 45.8 Å². The van der Waals surface area contributed by atoms with Gasteiger partial charge in [-0.15, -0.1) is 0 Å². The number of nitrogens with zero attached hydrogens (tertiary/aromatic N) is 1. The van der Waals surface area contributed by atoms with Gasteiger partial charge in [0, 0.05) is 36.0 Å². The van der Waals surface area contributed by atoms with Gasteiger partial charge in [0.2, 0.25) is 5.69 Å². The Bertz CT molecular complexity index is 1890. The van der Waals surface area contributed by atoms with E-state index in [-0.39, 0.29) is 22.0 Å². The number of aromatic nitrogens is 1. The lowest BCUT2D eigenvalue weighted by atomic mass is 9.62. The summed E-state index contributed by atoms with van der Waals surface area (Å²) in [6.07, 6.45) is 3.74. The zero-order valence-corrected chi connectivity index (χ0v) is 21.4. The van der Waals surface area contributed by atoms with Crippen LogP contribution >= 0.6 is 0 Å². The van der Waals surface area contributed by atoms with E-state index in [1.54, 1.807) is 29.0 Å². The molecule has 0 radical (unpaired) electrons. The van der Waals surface area contributed by atoms with Crippen LogP contribution in [0.5, 0.6) is 0 Å². The van der Waals surface area contributed by atoms with Crippen molar-refractivity contribution >= 4 is 32.7 Å².